The molecule has 1 atom stereocenters. The van der Waals surface area contributed by atoms with Gasteiger partial charge in [0.1, 0.15) is 5.82 Å². The van der Waals surface area contributed by atoms with Crippen molar-refractivity contribution >= 4 is 5.69 Å². The molecule has 0 fully saturated rings. The lowest BCUT2D eigenvalue weighted by molar-refractivity contribution is 0.169. The van der Waals surface area contributed by atoms with Gasteiger partial charge in [-0.15, -0.1) is 0 Å². The van der Waals surface area contributed by atoms with E-state index in [1.165, 1.54) is 12.1 Å². The number of likely N-dealkylation sites (N-methyl/N-ethyl adjacent to an activating group) is 2. The van der Waals surface area contributed by atoms with Crippen molar-refractivity contribution in [2.45, 2.75) is 13.0 Å². The fraction of sp³-hybridized carbons (Fsp3) is 0.538. The van der Waals surface area contributed by atoms with E-state index in [4.69, 9.17) is 4.74 Å². The number of methoxy groups -OCH3 is 1. The Morgan fingerprint density at radius 1 is 1.35 bits per heavy atom. The predicted molar refractivity (Wildman–Crippen MR) is 69.0 cm³/mol. The van der Waals surface area contributed by atoms with Crippen LogP contribution in [0, 0.1) is 5.82 Å². The summed E-state index contributed by atoms with van der Waals surface area (Å²) in [6.07, 6.45) is 0. The maximum Gasteiger partial charge on any atom is 0.123 e. The Bertz CT molecular complexity index is 310. The van der Waals surface area contributed by atoms with Gasteiger partial charge >= 0.3 is 0 Å². The molecule has 1 unspecified atom stereocenters. The summed E-state index contributed by atoms with van der Waals surface area (Å²) in [7, 11) is 3.69. The third-order valence-corrected chi connectivity index (χ3v) is 2.62. The van der Waals surface area contributed by atoms with Crippen LogP contribution in [0.25, 0.3) is 0 Å². The monoisotopic (exact) mass is 240 g/mol. The van der Waals surface area contributed by atoms with E-state index in [2.05, 4.69) is 17.1 Å². The number of anilines is 1. The van der Waals surface area contributed by atoms with Crippen LogP contribution in [-0.2, 0) is 4.74 Å². The van der Waals surface area contributed by atoms with Crippen LogP contribution in [0.5, 0.6) is 0 Å². The highest BCUT2D eigenvalue weighted by Gasteiger charge is 2.10. The summed E-state index contributed by atoms with van der Waals surface area (Å²) in [5.74, 6) is -0.206. The second kappa shape index (κ2) is 7.25. The number of nitrogens with zero attached hydrogens (tertiary/aromatic N) is 1. The zero-order valence-electron chi connectivity index (χ0n) is 10.7. The third kappa shape index (κ3) is 4.71. The summed E-state index contributed by atoms with van der Waals surface area (Å²) in [6.45, 7) is 4.47. The SMILES string of the molecule is CCNC(COC)CN(C)c1ccc(F)cc1. The third-order valence-electron chi connectivity index (χ3n) is 2.62. The van der Waals surface area contributed by atoms with Crippen LogP contribution in [0.4, 0.5) is 10.1 Å². The Morgan fingerprint density at radius 2 is 2.00 bits per heavy atom. The van der Waals surface area contributed by atoms with Crippen LogP contribution in [0.15, 0.2) is 24.3 Å². The minimum Gasteiger partial charge on any atom is -0.383 e. The second-order valence-electron chi connectivity index (χ2n) is 4.07. The van der Waals surface area contributed by atoms with E-state index in [9.17, 15) is 4.39 Å². The van der Waals surface area contributed by atoms with Crippen molar-refractivity contribution in [3.8, 4) is 0 Å². The Hall–Kier alpha value is -1.13. The van der Waals surface area contributed by atoms with E-state index in [1.54, 1.807) is 19.2 Å². The molecule has 1 N–H and O–H groups in total. The van der Waals surface area contributed by atoms with Crippen molar-refractivity contribution in [1.82, 2.24) is 5.32 Å². The lowest BCUT2D eigenvalue weighted by Crippen LogP contribution is -2.42. The number of hydrogen-bond donors (Lipinski definition) is 1. The van der Waals surface area contributed by atoms with Gasteiger partial charge < -0.3 is 15.0 Å². The standard InChI is InChI=1S/C13H21FN2O/c1-4-15-12(10-17-3)9-16(2)13-7-5-11(14)6-8-13/h5-8,12,15H,4,9-10H2,1-3H3. The van der Waals surface area contributed by atoms with Gasteiger partial charge in [0.2, 0.25) is 0 Å². The molecule has 0 bridgehead atoms. The van der Waals surface area contributed by atoms with E-state index in [-0.39, 0.29) is 11.9 Å². The number of nitrogens with one attached hydrogen (secondary N) is 1. The van der Waals surface area contributed by atoms with Gasteiger partial charge in [-0.2, -0.15) is 0 Å². The first-order valence-electron chi connectivity index (χ1n) is 5.86. The van der Waals surface area contributed by atoms with Gasteiger partial charge in [0, 0.05) is 32.4 Å². The maximum atomic E-state index is 12.8. The van der Waals surface area contributed by atoms with Gasteiger partial charge in [-0.25, -0.2) is 4.39 Å². The van der Waals surface area contributed by atoms with Gasteiger partial charge in [-0.1, -0.05) is 6.92 Å². The van der Waals surface area contributed by atoms with Gasteiger partial charge in [0.05, 0.1) is 6.61 Å². The zero-order chi connectivity index (χ0) is 12.7. The van der Waals surface area contributed by atoms with Crippen LogP contribution in [0.2, 0.25) is 0 Å². The lowest BCUT2D eigenvalue weighted by atomic mass is 10.2. The predicted octanol–water partition coefficient (Wildman–Crippen LogP) is 1.89. The first-order valence-corrected chi connectivity index (χ1v) is 5.86. The normalized spacial score (nSPS) is 12.5. The molecular weight excluding hydrogens is 219 g/mol. The van der Waals surface area contributed by atoms with E-state index >= 15 is 0 Å². The minimum atomic E-state index is -0.206. The Morgan fingerprint density at radius 3 is 2.53 bits per heavy atom. The largest absolute Gasteiger partial charge is 0.383 e. The Kier molecular flexibility index (Phi) is 5.94. The van der Waals surface area contributed by atoms with Gasteiger partial charge in [0.25, 0.3) is 0 Å². The molecule has 0 aliphatic rings. The molecule has 0 aliphatic heterocycles. The van der Waals surface area contributed by atoms with E-state index in [1.807, 2.05) is 7.05 Å². The molecule has 0 spiro atoms. The summed E-state index contributed by atoms with van der Waals surface area (Å²) in [5, 5.41) is 3.35. The lowest BCUT2D eigenvalue weighted by Gasteiger charge is -2.26. The van der Waals surface area contributed by atoms with Crippen molar-refractivity contribution in [1.29, 1.82) is 0 Å². The molecule has 0 amide bonds. The van der Waals surface area contributed by atoms with E-state index in [0.29, 0.717) is 6.61 Å². The average molecular weight is 240 g/mol. The van der Waals surface area contributed by atoms with Crippen LogP contribution < -0.4 is 10.2 Å². The maximum absolute atomic E-state index is 12.8. The highest BCUT2D eigenvalue weighted by molar-refractivity contribution is 5.45. The van der Waals surface area contributed by atoms with Crippen molar-refractivity contribution < 1.29 is 9.13 Å². The molecule has 4 heteroatoms. The quantitative estimate of drug-likeness (QED) is 0.787. The van der Waals surface area contributed by atoms with E-state index < -0.39 is 0 Å². The van der Waals surface area contributed by atoms with Crippen molar-refractivity contribution in [2.75, 3.05) is 38.8 Å². The first kappa shape index (κ1) is 13.9. The number of ether oxygens (including phenoxy) is 1. The second-order valence-corrected chi connectivity index (χ2v) is 4.07. The molecule has 1 aromatic rings. The van der Waals surface area contributed by atoms with Gasteiger partial charge in [-0.05, 0) is 30.8 Å². The molecule has 3 nitrogen and oxygen atoms in total. The molecule has 0 saturated carbocycles. The fourth-order valence-electron chi connectivity index (χ4n) is 1.80. The van der Waals surface area contributed by atoms with Crippen LogP contribution >= 0.6 is 0 Å². The molecule has 1 aromatic carbocycles. The molecule has 0 saturated heterocycles. The van der Waals surface area contributed by atoms with Crippen LogP contribution in [0.3, 0.4) is 0 Å². The zero-order valence-corrected chi connectivity index (χ0v) is 10.7. The number of rotatable bonds is 7. The molecule has 0 aliphatic carbocycles. The molecule has 0 radical (unpaired) electrons. The van der Waals surface area contributed by atoms with Crippen molar-refractivity contribution in [3.63, 3.8) is 0 Å². The smallest absolute Gasteiger partial charge is 0.123 e. The summed E-state index contributed by atoms with van der Waals surface area (Å²) in [5.41, 5.74) is 1.01. The Labute approximate surface area is 103 Å². The Balaban J connectivity index is 2.56. The van der Waals surface area contributed by atoms with Crippen LogP contribution in [-0.4, -0.2) is 39.9 Å². The molecular formula is C13H21FN2O. The summed E-state index contributed by atoms with van der Waals surface area (Å²) in [4.78, 5) is 2.09. The highest BCUT2D eigenvalue weighted by atomic mass is 19.1. The summed E-state index contributed by atoms with van der Waals surface area (Å²) < 4.78 is 18.0. The average Bonchev–Trinajstić information content (AvgIpc) is 2.30. The molecule has 0 aromatic heterocycles. The molecule has 17 heavy (non-hydrogen) atoms. The molecule has 0 heterocycles. The molecule has 1 rings (SSSR count). The van der Waals surface area contributed by atoms with Crippen molar-refractivity contribution in [2.24, 2.45) is 0 Å². The highest BCUT2D eigenvalue weighted by Crippen LogP contribution is 2.13. The van der Waals surface area contributed by atoms with E-state index in [0.717, 1.165) is 18.8 Å². The van der Waals surface area contributed by atoms with Crippen LogP contribution in [0.1, 0.15) is 6.92 Å². The number of halogens is 1. The number of hydrogen-bond acceptors (Lipinski definition) is 3. The summed E-state index contributed by atoms with van der Waals surface area (Å²) in [6, 6.07) is 6.80. The molecule has 96 valence electrons. The van der Waals surface area contributed by atoms with Gasteiger partial charge in [-0.3, -0.25) is 0 Å². The van der Waals surface area contributed by atoms with Gasteiger partial charge in [0.15, 0.2) is 0 Å². The first-order chi connectivity index (χ1) is 8.17. The van der Waals surface area contributed by atoms with Crippen molar-refractivity contribution in [3.05, 3.63) is 30.1 Å². The summed E-state index contributed by atoms with van der Waals surface area (Å²) >= 11 is 0. The fourth-order valence-corrected chi connectivity index (χ4v) is 1.80. The minimum absolute atomic E-state index is 0.206. The topological polar surface area (TPSA) is 24.5 Å². The number of benzene rings is 1.